The molecule has 0 aliphatic rings. The fourth-order valence-corrected chi connectivity index (χ4v) is 2.60. The summed E-state index contributed by atoms with van der Waals surface area (Å²) in [6, 6.07) is 8.64. The van der Waals surface area contributed by atoms with Gasteiger partial charge in [0.2, 0.25) is 0 Å². The van der Waals surface area contributed by atoms with Crippen LogP contribution in [0, 0.1) is 6.92 Å². The Labute approximate surface area is 145 Å². The van der Waals surface area contributed by atoms with Crippen LogP contribution in [0.2, 0.25) is 5.02 Å². The highest BCUT2D eigenvalue weighted by Crippen LogP contribution is 2.22. The summed E-state index contributed by atoms with van der Waals surface area (Å²) in [5.41, 5.74) is 1.61. The van der Waals surface area contributed by atoms with Crippen molar-refractivity contribution in [2.75, 3.05) is 6.54 Å². The summed E-state index contributed by atoms with van der Waals surface area (Å²) < 4.78 is 1.59. The maximum absolute atomic E-state index is 12.7. The summed E-state index contributed by atoms with van der Waals surface area (Å²) in [5, 5.41) is 13.9. The van der Waals surface area contributed by atoms with Crippen LogP contribution in [0.3, 0.4) is 0 Å². The number of carbonyl (C=O) groups is 2. The lowest BCUT2D eigenvalue weighted by atomic mass is 10.2. The van der Waals surface area contributed by atoms with E-state index in [0.29, 0.717) is 17.1 Å². The Bertz CT molecular complexity index is 757. The number of amides is 1. The van der Waals surface area contributed by atoms with E-state index in [1.165, 1.54) is 4.90 Å². The topological polar surface area (TPSA) is 75.4 Å². The number of carbonyl (C=O) groups excluding carboxylic acids is 1. The van der Waals surface area contributed by atoms with Crippen molar-refractivity contribution >= 4 is 23.5 Å². The molecule has 1 unspecified atom stereocenters. The van der Waals surface area contributed by atoms with Gasteiger partial charge >= 0.3 is 5.97 Å². The molecule has 7 heteroatoms. The van der Waals surface area contributed by atoms with Crippen molar-refractivity contribution in [3.8, 4) is 5.69 Å². The summed E-state index contributed by atoms with van der Waals surface area (Å²) >= 11 is 6.19. The Morgan fingerprint density at radius 1 is 1.38 bits per heavy atom. The molecule has 0 aliphatic carbocycles. The molecule has 0 saturated heterocycles. The SMILES string of the molecule is CCC(C)N(CC(=O)O)C(=O)c1cc(C)n(-c2ccccc2Cl)n1. The number of carboxylic acid groups (broad SMARTS) is 1. The first-order chi connectivity index (χ1) is 11.3. The molecular formula is C17H20ClN3O3. The summed E-state index contributed by atoms with van der Waals surface area (Å²) in [6.45, 7) is 5.18. The van der Waals surface area contributed by atoms with E-state index in [2.05, 4.69) is 5.10 Å². The average molecular weight is 350 g/mol. The Morgan fingerprint density at radius 2 is 2.04 bits per heavy atom. The standard InChI is InChI=1S/C17H20ClN3O3/c1-4-11(2)20(10-16(22)23)17(24)14-9-12(3)21(19-14)15-8-6-5-7-13(15)18/h5-9,11H,4,10H2,1-3H3,(H,22,23). The number of rotatable bonds is 6. The molecule has 1 aromatic heterocycles. The van der Waals surface area contributed by atoms with Gasteiger partial charge in [-0.2, -0.15) is 5.10 Å². The normalized spacial score (nSPS) is 12.0. The number of carboxylic acids is 1. The maximum Gasteiger partial charge on any atom is 0.323 e. The fraction of sp³-hybridized carbons (Fsp3) is 0.353. The first-order valence-electron chi connectivity index (χ1n) is 7.69. The highest BCUT2D eigenvalue weighted by atomic mass is 35.5. The number of aryl methyl sites for hydroxylation is 1. The average Bonchev–Trinajstić information content (AvgIpc) is 2.93. The van der Waals surface area contributed by atoms with Crippen molar-refractivity contribution in [1.82, 2.24) is 14.7 Å². The Kier molecular flexibility index (Phi) is 5.62. The quantitative estimate of drug-likeness (QED) is 0.869. The van der Waals surface area contributed by atoms with Crippen molar-refractivity contribution in [2.24, 2.45) is 0 Å². The van der Waals surface area contributed by atoms with E-state index in [0.717, 1.165) is 5.69 Å². The third kappa shape index (κ3) is 3.76. The molecule has 0 radical (unpaired) electrons. The summed E-state index contributed by atoms with van der Waals surface area (Å²) in [5.74, 6) is -1.45. The minimum atomic E-state index is -1.05. The van der Waals surface area contributed by atoms with E-state index >= 15 is 0 Å². The van der Waals surface area contributed by atoms with Gasteiger partial charge in [-0.15, -0.1) is 0 Å². The van der Waals surface area contributed by atoms with Crippen LogP contribution in [0.5, 0.6) is 0 Å². The van der Waals surface area contributed by atoms with Gasteiger partial charge in [-0.3, -0.25) is 9.59 Å². The van der Waals surface area contributed by atoms with E-state index < -0.39 is 11.9 Å². The number of hydrogen-bond donors (Lipinski definition) is 1. The third-order valence-electron chi connectivity index (χ3n) is 3.88. The predicted molar refractivity (Wildman–Crippen MR) is 91.7 cm³/mol. The second kappa shape index (κ2) is 7.49. The van der Waals surface area contributed by atoms with Crippen LogP contribution in [0.25, 0.3) is 5.69 Å². The van der Waals surface area contributed by atoms with Crippen LogP contribution in [-0.4, -0.2) is 44.3 Å². The van der Waals surface area contributed by atoms with Crippen molar-refractivity contribution in [3.05, 3.63) is 46.7 Å². The molecule has 0 saturated carbocycles. The van der Waals surface area contributed by atoms with Gasteiger partial charge in [0, 0.05) is 11.7 Å². The lowest BCUT2D eigenvalue weighted by molar-refractivity contribution is -0.138. The van der Waals surface area contributed by atoms with Crippen LogP contribution in [-0.2, 0) is 4.79 Å². The summed E-state index contributed by atoms with van der Waals surface area (Å²) in [4.78, 5) is 25.1. The molecule has 0 bridgehead atoms. The van der Waals surface area contributed by atoms with Gasteiger partial charge in [0.25, 0.3) is 5.91 Å². The van der Waals surface area contributed by atoms with Crippen molar-refractivity contribution < 1.29 is 14.7 Å². The summed E-state index contributed by atoms with van der Waals surface area (Å²) in [7, 11) is 0. The number of nitrogens with zero attached hydrogens (tertiary/aromatic N) is 3. The second-order valence-electron chi connectivity index (χ2n) is 5.62. The largest absolute Gasteiger partial charge is 0.480 e. The molecule has 1 N–H and O–H groups in total. The van der Waals surface area contributed by atoms with Crippen LogP contribution in [0.15, 0.2) is 30.3 Å². The first-order valence-corrected chi connectivity index (χ1v) is 8.07. The van der Waals surface area contributed by atoms with Crippen molar-refractivity contribution in [1.29, 1.82) is 0 Å². The van der Waals surface area contributed by atoms with Crippen LogP contribution < -0.4 is 0 Å². The smallest absolute Gasteiger partial charge is 0.323 e. The van der Waals surface area contributed by atoms with Gasteiger partial charge in [-0.25, -0.2) is 4.68 Å². The maximum atomic E-state index is 12.7. The third-order valence-corrected chi connectivity index (χ3v) is 4.20. The Morgan fingerprint density at radius 3 is 2.62 bits per heavy atom. The van der Waals surface area contributed by atoms with Gasteiger partial charge in [0.1, 0.15) is 6.54 Å². The molecule has 0 fully saturated rings. The lowest BCUT2D eigenvalue weighted by Crippen LogP contribution is -2.42. The highest BCUT2D eigenvalue weighted by molar-refractivity contribution is 6.32. The van der Waals surface area contributed by atoms with Gasteiger partial charge < -0.3 is 10.0 Å². The zero-order chi connectivity index (χ0) is 17.9. The second-order valence-corrected chi connectivity index (χ2v) is 6.03. The first kappa shape index (κ1) is 18.0. The number of benzene rings is 1. The molecule has 24 heavy (non-hydrogen) atoms. The van der Waals surface area contributed by atoms with E-state index in [4.69, 9.17) is 16.7 Å². The fourth-order valence-electron chi connectivity index (χ4n) is 2.39. The van der Waals surface area contributed by atoms with Crippen LogP contribution in [0.4, 0.5) is 0 Å². The monoisotopic (exact) mass is 349 g/mol. The van der Waals surface area contributed by atoms with Gasteiger partial charge in [0.15, 0.2) is 5.69 Å². The number of aliphatic carboxylic acids is 1. The molecule has 6 nitrogen and oxygen atoms in total. The van der Waals surface area contributed by atoms with Crippen LogP contribution >= 0.6 is 11.6 Å². The van der Waals surface area contributed by atoms with E-state index in [9.17, 15) is 9.59 Å². The zero-order valence-electron chi connectivity index (χ0n) is 13.9. The molecule has 1 heterocycles. The lowest BCUT2D eigenvalue weighted by Gasteiger charge is -2.26. The number of aromatic nitrogens is 2. The molecule has 1 aromatic carbocycles. The Hall–Kier alpha value is -2.34. The minimum Gasteiger partial charge on any atom is -0.480 e. The van der Waals surface area contributed by atoms with Crippen molar-refractivity contribution in [3.63, 3.8) is 0 Å². The molecular weight excluding hydrogens is 330 g/mol. The molecule has 1 amide bonds. The molecule has 2 aromatic rings. The van der Waals surface area contributed by atoms with E-state index in [1.54, 1.807) is 22.9 Å². The van der Waals surface area contributed by atoms with Gasteiger partial charge in [-0.1, -0.05) is 30.7 Å². The van der Waals surface area contributed by atoms with Gasteiger partial charge in [0.05, 0.1) is 10.7 Å². The van der Waals surface area contributed by atoms with Crippen molar-refractivity contribution in [2.45, 2.75) is 33.2 Å². The predicted octanol–water partition coefficient (Wildman–Crippen LogP) is 3.16. The number of hydrogen-bond acceptors (Lipinski definition) is 3. The number of para-hydroxylation sites is 1. The molecule has 128 valence electrons. The summed E-state index contributed by atoms with van der Waals surface area (Å²) in [6.07, 6.45) is 0.656. The molecule has 2 rings (SSSR count). The molecule has 1 atom stereocenters. The van der Waals surface area contributed by atoms with Crippen LogP contribution in [0.1, 0.15) is 36.5 Å². The van der Waals surface area contributed by atoms with Gasteiger partial charge in [-0.05, 0) is 38.5 Å². The Balaban J connectivity index is 2.38. The minimum absolute atomic E-state index is 0.195. The molecule has 0 aliphatic heterocycles. The van der Waals surface area contributed by atoms with E-state index in [-0.39, 0.29) is 18.3 Å². The zero-order valence-corrected chi connectivity index (χ0v) is 14.6. The number of halogens is 1. The molecule has 0 spiro atoms. The van der Waals surface area contributed by atoms with E-state index in [1.807, 2.05) is 32.9 Å². The highest BCUT2D eigenvalue weighted by Gasteiger charge is 2.25.